The molecule has 2 aromatic carbocycles. The predicted molar refractivity (Wildman–Crippen MR) is 91.4 cm³/mol. The Bertz CT molecular complexity index is 513. The highest BCUT2D eigenvalue weighted by Gasteiger charge is 2.20. The highest BCUT2D eigenvalue weighted by atomic mass is 16.3. The van der Waals surface area contributed by atoms with Crippen LogP contribution < -0.4 is 10.6 Å². The molecule has 0 aromatic heterocycles. The van der Waals surface area contributed by atoms with Crippen LogP contribution in [0.5, 0.6) is 0 Å². The van der Waals surface area contributed by atoms with E-state index in [1.807, 2.05) is 62.4 Å². The van der Waals surface area contributed by atoms with Crippen molar-refractivity contribution >= 4 is 11.4 Å². The van der Waals surface area contributed by atoms with Gasteiger partial charge in [-0.15, -0.1) is 0 Å². The highest BCUT2D eigenvalue weighted by molar-refractivity contribution is 5.49. The summed E-state index contributed by atoms with van der Waals surface area (Å²) in [6.45, 7) is 3.92. The number of aliphatic hydroxyl groups excluding tert-OH is 2. The molecule has 0 heterocycles. The summed E-state index contributed by atoms with van der Waals surface area (Å²) in [7, 11) is 0. The largest absolute Gasteiger partial charge is 0.394 e. The number of rotatable bonds is 7. The monoisotopic (exact) mass is 300 g/mol. The summed E-state index contributed by atoms with van der Waals surface area (Å²) in [5.74, 6) is 0. The van der Waals surface area contributed by atoms with E-state index >= 15 is 0 Å². The Labute approximate surface area is 131 Å². The second kappa shape index (κ2) is 7.82. The fourth-order valence-corrected chi connectivity index (χ4v) is 2.27. The second-order valence-electron chi connectivity index (χ2n) is 5.60. The van der Waals surface area contributed by atoms with E-state index in [2.05, 4.69) is 10.6 Å². The van der Waals surface area contributed by atoms with Crippen molar-refractivity contribution < 1.29 is 10.2 Å². The molecule has 0 saturated heterocycles. The quantitative estimate of drug-likeness (QED) is 0.634. The fourth-order valence-electron chi connectivity index (χ4n) is 2.27. The molecule has 4 heteroatoms. The number of hydrogen-bond donors (Lipinski definition) is 4. The van der Waals surface area contributed by atoms with Gasteiger partial charge in [0.2, 0.25) is 0 Å². The lowest BCUT2D eigenvalue weighted by atomic mass is 10.1. The van der Waals surface area contributed by atoms with Gasteiger partial charge in [0.1, 0.15) is 0 Å². The number of nitrogens with one attached hydrogen (secondary N) is 2. The van der Waals surface area contributed by atoms with Crippen LogP contribution in [0.1, 0.15) is 11.1 Å². The first-order chi connectivity index (χ1) is 10.6. The molecule has 118 valence electrons. The number of anilines is 2. The van der Waals surface area contributed by atoms with Crippen LogP contribution in [0.3, 0.4) is 0 Å². The predicted octanol–water partition coefficient (Wildman–Crippen LogP) is 2.55. The number of benzene rings is 2. The zero-order chi connectivity index (χ0) is 15.9. The van der Waals surface area contributed by atoms with Crippen LogP contribution in [0, 0.1) is 13.8 Å². The maximum Gasteiger partial charge on any atom is 0.0715 e. The second-order valence-corrected chi connectivity index (χ2v) is 5.60. The van der Waals surface area contributed by atoms with Crippen molar-refractivity contribution in [3.8, 4) is 0 Å². The summed E-state index contributed by atoms with van der Waals surface area (Å²) >= 11 is 0. The third kappa shape index (κ3) is 4.48. The molecule has 2 aromatic rings. The first-order valence-electron chi connectivity index (χ1n) is 7.50. The van der Waals surface area contributed by atoms with E-state index in [0.29, 0.717) is 0 Å². The Morgan fingerprint density at radius 3 is 1.27 bits per heavy atom. The average Bonchev–Trinajstić information content (AvgIpc) is 2.54. The maximum absolute atomic E-state index is 9.65. The lowest BCUT2D eigenvalue weighted by Gasteiger charge is -2.27. The highest BCUT2D eigenvalue weighted by Crippen LogP contribution is 2.15. The van der Waals surface area contributed by atoms with E-state index in [0.717, 1.165) is 11.4 Å². The molecule has 0 amide bonds. The third-order valence-electron chi connectivity index (χ3n) is 3.69. The lowest BCUT2D eigenvalue weighted by Crippen LogP contribution is -2.44. The molecule has 0 unspecified atom stereocenters. The maximum atomic E-state index is 9.65. The van der Waals surface area contributed by atoms with Crippen LogP contribution in [0.2, 0.25) is 0 Å². The Kier molecular flexibility index (Phi) is 5.81. The molecule has 0 radical (unpaired) electrons. The Morgan fingerprint density at radius 2 is 1.00 bits per heavy atom. The summed E-state index contributed by atoms with van der Waals surface area (Å²) in [5, 5.41) is 25.8. The fraction of sp³-hybridized carbons (Fsp3) is 0.333. The van der Waals surface area contributed by atoms with Crippen molar-refractivity contribution in [2.24, 2.45) is 0 Å². The summed E-state index contributed by atoms with van der Waals surface area (Å²) in [4.78, 5) is 0. The average molecular weight is 300 g/mol. The van der Waals surface area contributed by atoms with E-state index in [1.54, 1.807) is 0 Å². The van der Waals surface area contributed by atoms with Crippen molar-refractivity contribution in [2.45, 2.75) is 25.9 Å². The zero-order valence-corrected chi connectivity index (χ0v) is 13.1. The van der Waals surface area contributed by atoms with Crippen LogP contribution in [-0.4, -0.2) is 35.5 Å². The Balaban J connectivity index is 2.05. The molecule has 2 rings (SSSR count). The van der Waals surface area contributed by atoms with Gasteiger partial charge in [0.25, 0.3) is 0 Å². The summed E-state index contributed by atoms with van der Waals surface area (Å²) < 4.78 is 0. The summed E-state index contributed by atoms with van der Waals surface area (Å²) in [5.41, 5.74) is 4.22. The molecule has 22 heavy (non-hydrogen) atoms. The number of hydrogen-bond acceptors (Lipinski definition) is 4. The summed E-state index contributed by atoms with van der Waals surface area (Å²) in [6.07, 6.45) is 0. The van der Waals surface area contributed by atoms with Gasteiger partial charge in [0.05, 0.1) is 25.3 Å². The summed E-state index contributed by atoms with van der Waals surface area (Å²) in [6, 6.07) is 15.4. The molecule has 0 aliphatic heterocycles. The van der Waals surface area contributed by atoms with Gasteiger partial charge in [0, 0.05) is 11.4 Å². The molecule has 0 fully saturated rings. The first kappa shape index (κ1) is 16.3. The van der Waals surface area contributed by atoms with Crippen molar-refractivity contribution in [1.29, 1.82) is 0 Å². The van der Waals surface area contributed by atoms with Crippen LogP contribution in [0.25, 0.3) is 0 Å². The van der Waals surface area contributed by atoms with Gasteiger partial charge in [0.15, 0.2) is 0 Å². The van der Waals surface area contributed by atoms with Crippen molar-refractivity contribution in [2.75, 3.05) is 23.8 Å². The van der Waals surface area contributed by atoms with Crippen LogP contribution in [0.4, 0.5) is 11.4 Å². The molecule has 0 aliphatic rings. The third-order valence-corrected chi connectivity index (χ3v) is 3.69. The standard InChI is InChI=1S/C18H24N2O2/c1-13-3-7-15(8-4-13)19-17(11-21)18(12-22)20-16-9-5-14(2)6-10-16/h3-10,17-22H,11-12H2,1-2H3/t17-,18-/m1/s1. The minimum atomic E-state index is -0.283. The minimum absolute atomic E-state index is 0.0715. The molecular weight excluding hydrogens is 276 g/mol. The van der Waals surface area contributed by atoms with Crippen molar-refractivity contribution in [3.63, 3.8) is 0 Å². The Hall–Kier alpha value is -2.04. The van der Waals surface area contributed by atoms with Crippen molar-refractivity contribution in [1.82, 2.24) is 0 Å². The molecule has 0 saturated carbocycles. The molecule has 0 aliphatic carbocycles. The topological polar surface area (TPSA) is 64.5 Å². The molecule has 4 nitrogen and oxygen atoms in total. The number of aliphatic hydroxyl groups is 2. The molecule has 0 bridgehead atoms. The van der Waals surface area contributed by atoms with Gasteiger partial charge in [-0.2, -0.15) is 0 Å². The van der Waals surface area contributed by atoms with Gasteiger partial charge in [-0.3, -0.25) is 0 Å². The van der Waals surface area contributed by atoms with Gasteiger partial charge < -0.3 is 20.8 Å². The van der Waals surface area contributed by atoms with E-state index in [4.69, 9.17) is 0 Å². The SMILES string of the molecule is Cc1ccc(N[C@H](CO)[C@@H](CO)Nc2ccc(C)cc2)cc1. The van der Waals surface area contributed by atoms with Crippen LogP contribution >= 0.6 is 0 Å². The lowest BCUT2D eigenvalue weighted by molar-refractivity contribution is 0.215. The molecular formula is C18H24N2O2. The molecule has 0 spiro atoms. The van der Waals surface area contributed by atoms with Gasteiger partial charge in [-0.05, 0) is 38.1 Å². The smallest absolute Gasteiger partial charge is 0.0715 e. The minimum Gasteiger partial charge on any atom is -0.394 e. The van der Waals surface area contributed by atoms with E-state index in [-0.39, 0.29) is 25.3 Å². The van der Waals surface area contributed by atoms with Gasteiger partial charge >= 0.3 is 0 Å². The zero-order valence-electron chi connectivity index (χ0n) is 13.1. The Morgan fingerprint density at radius 1 is 0.682 bits per heavy atom. The normalized spacial score (nSPS) is 13.5. The van der Waals surface area contributed by atoms with Crippen molar-refractivity contribution in [3.05, 3.63) is 59.7 Å². The van der Waals surface area contributed by atoms with E-state index < -0.39 is 0 Å². The molecule has 4 N–H and O–H groups in total. The number of aryl methyl sites for hydroxylation is 2. The van der Waals surface area contributed by atoms with E-state index in [1.165, 1.54) is 11.1 Å². The van der Waals surface area contributed by atoms with Gasteiger partial charge in [-0.1, -0.05) is 35.4 Å². The van der Waals surface area contributed by atoms with E-state index in [9.17, 15) is 10.2 Å². The van der Waals surface area contributed by atoms with Gasteiger partial charge in [-0.25, -0.2) is 0 Å². The molecule has 2 atom stereocenters. The first-order valence-corrected chi connectivity index (χ1v) is 7.50. The van der Waals surface area contributed by atoms with Crippen LogP contribution in [0.15, 0.2) is 48.5 Å². The van der Waals surface area contributed by atoms with Crippen LogP contribution in [-0.2, 0) is 0 Å².